The number of para-hydroxylation sites is 1. The molecule has 0 aliphatic carbocycles. The lowest BCUT2D eigenvalue weighted by Crippen LogP contribution is -2.21. The van der Waals surface area contributed by atoms with Crippen LogP contribution in [-0.4, -0.2) is 30.8 Å². The summed E-state index contributed by atoms with van der Waals surface area (Å²) in [4.78, 5) is 29.9. The highest BCUT2D eigenvalue weighted by molar-refractivity contribution is 7.16. The Bertz CT molecular complexity index is 1350. The van der Waals surface area contributed by atoms with Gasteiger partial charge in [-0.15, -0.1) is 0 Å². The second-order valence-electron chi connectivity index (χ2n) is 6.47. The third-order valence-corrected chi connectivity index (χ3v) is 5.66. The van der Waals surface area contributed by atoms with Crippen molar-refractivity contribution >= 4 is 38.4 Å². The molecule has 0 N–H and O–H groups in total. The molecule has 0 atom stereocenters. The molecule has 0 aliphatic heterocycles. The Morgan fingerprint density at radius 1 is 1.20 bits per heavy atom. The van der Waals surface area contributed by atoms with Crippen molar-refractivity contribution in [2.75, 3.05) is 20.3 Å². The molecule has 8 heteroatoms. The van der Waals surface area contributed by atoms with Crippen molar-refractivity contribution in [3.05, 3.63) is 69.3 Å². The maximum Gasteiger partial charge on any atom is 0.349 e. The second-order valence-corrected chi connectivity index (χ2v) is 7.48. The van der Waals surface area contributed by atoms with E-state index in [1.165, 1.54) is 17.4 Å². The first-order valence-corrected chi connectivity index (χ1v) is 10.3. The van der Waals surface area contributed by atoms with E-state index in [2.05, 4.69) is 4.99 Å². The zero-order valence-electron chi connectivity index (χ0n) is 16.6. The average Bonchev–Trinajstić information content (AvgIpc) is 3.09. The molecular formula is C22H20N2O5S. The SMILES string of the molecule is CCOCCn1c(=NC(=O)c2cc3ccccc3oc2=O)sc2cc(OC)ccc21. The van der Waals surface area contributed by atoms with E-state index in [1.807, 2.05) is 35.8 Å². The zero-order chi connectivity index (χ0) is 21.1. The number of nitrogens with zero attached hydrogens (tertiary/aromatic N) is 2. The molecule has 0 spiro atoms. The number of amides is 1. The number of methoxy groups -OCH3 is 1. The van der Waals surface area contributed by atoms with Gasteiger partial charge in [-0.1, -0.05) is 29.5 Å². The summed E-state index contributed by atoms with van der Waals surface area (Å²) in [6.45, 7) is 3.53. The molecule has 0 bridgehead atoms. The van der Waals surface area contributed by atoms with Gasteiger partial charge in [0.1, 0.15) is 16.9 Å². The largest absolute Gasteiger partial charge is 0.497 e. The average molecular weight is 424 g/mol. The summed E-state index contributed by atoms with van der Waals surface area (Å²) in [7, 11) is 1.60. The summed E-state index contributed by atoms with van der Waals surface area (Å²) in [6.07, 6.45) is 0. The van der Waals surface area contributed by atoms with Crippen LogP contribution in [0.5, 0.6) is 5.75 Å². The summed E-state index contributed by atoms with van der Waals surface area (Å²) in [5.74, 6) is 0.0759. The van der Waals surface area contributed by atoms with Gasteiger partial charge in [-0.2, -0.15) is 4.99 Å². The van der Waals surface area contributed by atoms with E-state index in [-0.39, 0.29) is 5.56 Å². The molecule has 0 saturated carbocycles. The monoisotopic (exact) mass is 424 g/mol. The quantitative estimate of drug-likeness (QED) is 0.349. The van der Waals surface area contributed by atoms with Gasteiger partial charge in [0.15, 0.2) is 4.80 Å². The van der Waals surface area contributed by atoms with E-state index in [0.717, 1.165) is 10.2 Å². The van der Waals surface area contributed by atoms with Gasteiger partial charge in [0.25, 0.3) is 5.91 Å². The minimum absolute atomic E-state index is 0.0971. The smallest absolute Gasteiger partial charge is 0.349 e. The van der Waals surface area contributed by atoms with Crippen LogP contribution in [0.3, 0.4) is 0 Å². The van der Waals surface area contributed by atoms with Crippen LogP contribution in [0, 0.1) is 0 Å². The van der Waals surface area contributed by atoms with Gasteiger partial charge in [0.05, 0.1) is 23.9 Å². The molecule has 2 heterocycles. The Morgan fingerprint density at radius 3 is 2.83 bits per heavy atom. The van der Waals surface area contributed by atoms with Crippen LogP contribution < -0.4 is 15.2 Å². The molecule has 30 heavy (non-hydrogen) atoms. The Hall–Kier alpha value is -3.23. The predicted octanol–water partition coefficient (Wildman–Crippen LogP) is 3.60. The second kappa shape index (κ2) is 8.64. The number of hydrogen-bond donors (Lipinski definition) is 0. The number of fused-ring (bicyclic) bond motifs is 2. The molecule has 0 aliphatic rings. The van der Waals surface area contributed by atoms with Crippen molar-refractivity contribution in [2.24, 2.45) is 4.99 Å². The molecule has 2 aromatic carbocycles. The topological polar surface area (TPSA) is 83.0 Å². The molecule has 0 unspecified atom stereocenters. The molecule has 2 aromatic heterocycles. The Morgan fingerprint density at radius 2 is 2.03 bits per heavy atom. The van der Waals surface area contributed by atoms with Gasteiger partial charge in [-0.05, 0) is 37.3 Å². The van der Waals surface area contributed by atoms with Crippen LogP contribution in [0.15, 0.2) is 62.7 Å². The van der Waals surface area contributed by atoms with Crippen molar-refractivity contribution in [1.29, 1.82) is 0 Å². The molecule has 4 aromatic rings. The summed E-state index contributed by atoms with van der Waals surface area (Å²) in [5, 5.41) is 0.668. The first-order chi connectivity index (χ1) is 14.6. The Kier molecular flexibility index (Phi) is 5.78. The van der Waals surface area contributed by atoms with Crippen LogP contribution in [0.25, 0.3) is 21.2 Å². The minimum atomic E-state index is -0.703. The molecule has 0 fully saturated rings. The van der Waals surface area contributed by atoms with Crippen molar-refractivity contribution in [3.63, 3.8) is 0 Å². The predicted molar refractivity (Wildman–Crippen MR) is 115 cm³/mol. The van der Waals surface area contributed by atoms with Gasteiger partial charge in [-0.25, -0.2) is 4.79 Å². The number of rotatable bonds is 6. The van der Waals surface area contributed by atoms with Gasteiger partial charge in [0.2, 0.25) is 0 Å². The maximum absolute atomic E-state index is 12.9. The highest BCUT2D eigenvalue weighted by Crippen LogP contribution is 2.23. The van der Waals surface area contributed by atoms with Crippen molar-refractivity contribution < 1.29 is 18.7 Å². The van der Waals surface area contributed by atoms with E-state index in [1.54, 1.807) is 25.3 Å². The van der Waals surface area contributed by atoms with Gasteiger partial charge >= 0.3 is 5.63 Å². The minimum Gasteiger partial charge on any atom is -0.497 e. The molecule has 1 amide bonds. The number of aromatic nitrogens is 1. The molecule has 7 nitrogen and oxygen atoms in total. The fourth-order valence-corrected chi connectivity index (χ4v) is 4.22. The third kappa shape index (κ3) is 3.92. The standard InChI is InChI=1S/C22H20N2O5S/c1-3-28-11-10-24-17-9-8-15(27-2)13-19(17)30-22(24)23-20(25)16-12-14-6-4-5-7-18(14)29-21(16)26/h4-9,12-13H,3,10-11H2,1-2H3. The van der Waals surface area contributed by atoms with Crippen molar-refractivity contribution in [3.8, 4) is 5.75 Å². The van der Waals surface area contributed by atoms with Crippen LogP contribution in [0.4, 0.5) is 0 Å². The van der Waals surface area contributed by atoms with E-state index < -0.39 is 11.5 Å². The number of benzene rings is 2. The van der Waals surface area contributed by atoms with Crippen LogP contribution in [-0.2, 0) is 11.3 Å². The fraction of sp³-hybridized carbons (Fsp3) is 0.227. The third-order valence-electron chi connectivity index (χ3n) is 4.62. The molecular weight excluding hydrogens is 404 g/mol. The number of carbonyl (C=O) groups is 1. The Labute approximate surface area is 175 Å². The molecule has 0 saturated heterocycles. The highest BCUT2D eigenvalue weighted by Gasteiger charge is 2.15. The lowest BCUT2D eigenvalue weighted by molar-refractivity contribution is 0.0993. The lowest BCUT2D eigenvalue weighted by Gasteiger charge is -2.06. The van der Waals surface area contributed by atoms with Crippen LogP contribution >= 0.6 is 11.3 Å². The number of ether oxygens (including phenoxy) is 2. The summed E-state index contributed by atoms with van der Waals surface area (Å²) in [5.41, 5.74) is 0.545. The summed E-state index contributed by atoms with van der Waals surface area (Å²) < 4.78 is 18.9. The van der Waals surface area contributed by atoms with Crippen molar-refractivity contribution in [2.45, 2.75) is 13.5 Å². The van der Waals surface area contributed by atoms with E-state index >= 15 is 0 Å². The zero-order valence-corrected chi connectivity index (χ0v) is 17.4. The molecule has 4 rings (SSSR count). The summed E-state index contributed by atoms with van der Waals surface area (Å²) in [6, 6.07) is 14.2. The normalized spacial score (nSPS) is 12.0. The first kappa shape index (κ1) is 20.1. The van der Waals surface area contributed by atoms with E-state index in [9.17, 15) is 9.59 Å². The first-order valence-electron chi connectivity index (χ1n) is 9.47. The van der Waals surface area contributed by atoms with Crippen LogP contribution in [0.1, 0.15) is 17.3 Å². The number of thiazole rings is 1. The van der Waals surface area contributed by atoms with Crippen LogP contribution in [0.2, 0.25) is 0 Å². The summed E-state index contributed by atoms with van der Waals surface area (Å²) >= 11 is 1.35. The molecule has 0 radical (unpaired) electrons. The lowest BCUT2D eigenvalue weighted by atomic mass is 10.2. The fourth-order valence-electron chi connectivity index (χ4n) is 3.14. The Balaban J connectivity index is 1.82. The number of hydrogen-bond acceptors (Lipinski definition) is 6. The van der Waals surface area contributed by atoms with E-state index in [4.69, 9.17) is 13.9 Å². The van der Waals surface area contributed by atoms with E-state index in [0.29, 0.717) is 41.3 Å². The van der Waals surface area contributed by atoms with Gasteiger partial charge in [0, 0.05) is 18.5 Å². The van der Waals surface area contributed by atoms with Gasteiger partial charge in [-0.3, -0.25) is 4.79 Å². The number of carbonyl (C=O) groups excluding carboxylic acids is 1. The van der Waals surface area contributed by atoms with Crippen molar-refractivity contribution in [1.82, 2.24) is 4.57 Å². The maximum atomic E-state index is 12.9. The van der Waals surface area contributed by atoms with Gasteiger partial charge < -0.3 is 18.5 Å². The molecule has 154 valence electrons. The highest BCUT2D eigenvalue weighted by atomic mass is 32.1.